The van der Waals surface area contributed by atoms with Crippen molar-refractivity contribution in [3.8, 4) is 0 Å². The monoisotopic (exact) mass is 440 g/mol. The van der Waals surface area contributed by atoms with Gasteiger partial charge in [0.1, 0.15) is 6.10 Å². The van der Waals surface area contributed by atoms with Gasteiger partial charge in [0.05, 0.1) is 16.4 Å². The lowest BCUT2D eigenvalue weighted by molar-refractivity contribution is -0.151. The summed E-state index contributed by atoms with van der Waals surface area (Å²) in [6.45, 7) is 4.00. The van der Waals surface area contributed by atoms with Gasteiger partial charge in [-0.25, -0.2) is 0 Å². The molecule has 2 aromatic rings. The molecular formula is C23H28N4O5. The third kappa shape index (κ3) is 4.57. The van der Waals surface area contributed by atoms with E-state index in [1.54, 1.807) is 24.5 Å². The number of benzene rings is 1. The Bertz CT molecular complexity index is 983. The Labute approximate surface area is 186 Å². The fourth-order valence-corrected chi connectivity index (χ4v) is 5.02. The summed E-state index contributed by atoms with van der Waals surface area (Å²) >= 11 is 0. The molecule has 3 saturated heterocycles. The van der Waals surface area contributed by atoms with E-state index >= 15 is 0 Å². The molecule has 0 bridgehead atoms. The summed E-state index contributed by atoms with van der Waals surface area (Å²) < 4.78 is 5.75. The Hall–Kier alpha value is -3.07. The second kappa shape index (κ2) is 9.60. The van der Waals surface area contributed by atoms with Crippen LogP contribution < -0.4 is 0 Å². The van der Waals surface area contributed by atoms with Crippen molar-refractivity contribution in [2.24, 2.45) is 5.41 Å². The van der Waals surface area contributed by atoms with Crippen LogP contribution in [0.3, 0.4) is 0 Å². The van der Waals surface area contributed by atoms with Gasteiger partial charge in [-0.15, -0.1) is 0 Å². The molecule has 1 spiro atoms. The molecule has 9 heteroatoms. The lowest BCUT2D eigenvalue weighted by Crippen LogP contribution is -2.45. The first-order chi connectivity index (χ1) is 15.5. The number of fused-ring (bicyclic) bond motifs is 1. The number of carbonyl (C=O) groups excluding carboxylic acids is 2. The highest BCUT2D eigenvalue weighted by molar-refractivity contribution is 5.97. The predicted octanol–water partition coefficient (Wildman–Crippen LogP) is 1.96. The molecule has 1 N–H and O–H groups in total. The minimum absolute atomic E-state index is 0.00177. The van der Waals surface area contributed by atoms with Crippen molar-refractivity contribution < 1.29 is 24.2 Å². The molecule has 170 valence electrons. The van der Waals surface area contributed by atoms with E-state index < -0.39 is 5.41 Å². The number of nitrogens with zero attached hydrogens (tertiary/aromatic N) is 4. The zero-order valence-corrected chi connectivity index (χ0v) is 18.0. The Morgan fingerprint density at radius 3 is 2.47 bits per heavy atom. The molecule has 3 aliphatic heterocycles. The van der Waals surface area contributed by atoms with Crippen LogP contribution in [0.25, 0.3) is 11.0 Å². The normalized spacial score (nSPS) is 22.4. The predicted molar refractivity (Wildman–Crippen MR) is 116 cm³/mol. The van der Waals surface area contributed by atoms with Gasteiger partial charge < -0.3 is 14.7 Å². The van der Waals surface area contributed by atoms with E-state index in [4.69, 9.17) is 14.6 Å². The molecule has 1 atom stereocenters. The zero-order chi connectivity index (χ0) is 22.6. The number of esters is 1. The summed E-state index contributed by atoms with van der Waals surface area (Å²) in [5.74, 6) is -0.0674. The molecule has 1 aromatic heterocycles. The summed E-state index contributed by atoms with van der Waals surface area (Å²) in [4.78, 5) is 46.8. The van der Waals surface area contributed by atoms with E-state index in [0.29, 0.717) is 31.5 Å². The van der Waals surface area contributed by atoms with E-state index in [9.17, 15) is 9.59 Å². The molecule has 4 heterocycles. The molecule has 0 saturated carbocycles. The lowest BCUT2D eigenvalue weighted by Gasteiger charge is -2.36. The Balaban J connectivity index is 0.000000775. The molecule has 1 aromatic carbocycles. The van der Waals surface area contributed by atoms with Crippen LogP contribution in [-0.4, -0.2) is 82.1 Å². The number of amides is 1. The van der Waals surface area contributed by atoms with Gasteiger partial charge in [0.2, 0.25) is 0 Å². The number of carbonyl (C=O) groups is 3. The highest BCUT2D eigenvalue weighted by Gasteiger charge is 2.51. The Morgan fingerprint density at radius 2 is 1.78 bits per heavy atom. The number of ether oxygens (including phenoxy) is 1. The molecule has 5 rings (SSSR count). The third-order valence-corrected chi connectivity index (χ3v) is 6.71. The van der Waals surface area contributed by atoms with Crippen molar-refractivity contribution in [3.05, 3.63) is 36.2 Å². The van der Waals surface area contributed by atoms with Crippen LogP contribution in [0.2, 0.25) is 0 Å². The van der Waals surface area contributed by atoms with Crippen molar-refractivity contribution in [1.29, 1.82) is 0 Å². The Morgan fingerprint density at radius 1 is 1.12 bits per heavy atom. The van der Waals surface area contributed by atoms with Crippen LogP contribution in [-0.2, 0) is 14.3 Å². The van der Waals surface area contributed by atoms with Crippen LogP contribution in [0.15, 0.2) is 30.6 Å². The minimum Gasteiger partial charge on any atom is -0.483 e. The zero-order valence-electron chi connectivity index (χ0n) is 18.0. The summed E-state index contributed by atoms with van der Waals surface area (Å²) in [6.07, 6.45) is 7.91. The fourth-order valence-electron chi connectivity index (χ4n) is 5.02. The number of piperidine rings is 1. The highest BCUT2D eigenvalue weighted by atomic mass is 16.6. The van der Waals surface area contributed by atoms with Crippen LogP contribution in [0.4, 0.5) is 0 Å². The maximum Gasteiger partial charge on any atom is 0.312 e. The first kappa shape index (κ1) is 22.1. The average Bonchev–Trinajstić information content (AvgIpc) is 3.42. The lowest BCUT2D eigenvalue weighted by atomic mass is 9.76. The molecule has 0 aliphatic carbocycles. The smallest absolute Gasteiger partial charge is 0.312 e. The maximum atomic E-state index is 13.0. The van der Waals surface area contributed by atoms with Crippen molar-refractivity contribution >= 4 is 29.4 Å². The summed E-state index contributed by atoms with van der Waals surface area (Å²) in [5, 5.41) is 6.89. The van der Waals surface area contributed by atoms with Crippen molar-refractivity contribution in [1.82, 2.24) is 19.8 Å². The number of rotatable bonds is 3. The molecule has 9 nitrogen and oxygen atoms in total. The van der Waals surface area contributed by atoms with Crippen LogP contribution in [0.5, 0.6) is 0 Å². The average molecular weight is 441 g/mol. The number of cyclic esters (lactones) is 1. The number of aromatic nitrogens is 2. The van der Waals surface area contributed by atoms with Crippen molar-refractivity contribution in [2.75, 3.05) is 32.7 Å². The van der Waals surface area contributed by atoms with Gasteiger partial charge in [-0.2, -0.15) is 0 Å². The van der Waals surface area contributed by atoms with E-state index in [1.807, 2.05) is 11.0 Å². The SMILES string of the molecule is O=C(c1ccc2nccnc2c1)N1CCC2(CC1)CC(CN1CCCC1)OC2=O.O=CO. The quantitative estimate of drug-likeness (QED) is 0.569. The van der Waals surface area contributed by atoms with Gasteiger partial charge in [0.15, 0.2) is 0 Å². The van der Waals surface area contributed by atoms with Gasteiger partial charge in [0, 0.05) is 44.0 Å². The van der Waals surface area contributed by atoms with E-state index in [-0.39, 0.29) is 24.5 Å². The molecule has 0 radical (unpaired) electrons. The van der Waals surface area contributed by atoms with Gasteiger partial charge in [-0.1, -0.05) is 0 Å². The number of hydrogen-bond donors (Lipinski definition) is 1. The standard InChI is InChI=1S/C22H26N4O3.CH2O2/c27-20(16-3-4-18-19(13-16)24-8-7-23-18)26-11-5-22(6-12-26)14-17(29-21(22)28)15-25-9-1-2-10-25;2-1-3/h3-4,7-8,13,17H,1-2,5-6,9-12,14-15H2;1H,(H,2,3). The van der Waals surface area contributed by atoms with Crippen molar-refractivity contribution in [2.45, 2.75) is 38.2 Å². The van der Waals surface area contributed by atoms with Crippen LogP contribution in [0, 0.1) is 5.41 Å². The first-order valence-electron chi connectivity index (χ1n) is 11.1. The van der Waals surface area contributed by atoms with Gasteiger partial charge >= 0.3 is 5.97 Å². The van der Waals surface area contributed by atoms with Crippen LogP contribution in [0.1, 0.15) is 42.5 Å². The molecular weight excluding hydrogens is 412 g/mol. The molecule has 3 fully saturated rings. The summed E-state index contributed by atoms with van der Waals surface area (Å²) in [6, 6.07) is 5.43. The van der Waals surface area contributed by atoms with Gasteiger partial charge in [-0.3, -0.25) is 29.3 Å². The summed E-state index contributed by atoms with van der Waals surface area (Å²) in [7, 11) is 0. The van der Waals surface area contributed by atoms with Gasteiger partial charge in [-0.05, 0) is 57.0 Å². The molecule has 3 aliphatic rings. The number of carboxylic acid groups (broad SMARTS) is 1. The second-order valence-electron chi connectivity index (χ2n) is 8.68. The maximum absolute atomic E-state index is 13.0. The molecule has 32 heavy (non-hydrogen) atoms. The number of likely N-dealkylation sites (tertiary alicyclic amines) is 2. The topological polar surface area (TPSA) is 113 Å². The summed E-state index contributed by atoms with van der Waals surface area (Å²) in [5.41, 5.74) is 1.71. The fraction of sp³-hybridized carbons (Fsp3) is 0.522. The van der Waals surface area contributed by atoms with Crippen LogP contribution >= 0.6 is 0 Å². The van der Waals surface area contributed by atoms with E-state index in [2.05, 4.69) is 14.9 Å². The van der Waals surface area contributed by atoms with E-state index in [1.165, 1.54) is 12.8 Å². The van der Waals surface area contributed by atoms with Gasteiger partial charge in [0.25, 0.3) is 12.4 Å². The number of hydrogen-bond acceptors (Lipinski definition) is 7. The molecule has 1 amide bonds. The minimum atomic E-state index is -0.407. The highest BCUT2D eigenvalue weighted by Crippen LogP contribution is 2.43. The third-order valence-electron chi connectivity index (χ3n) is 6.71. The molecule has 1 unspecified atom stereocenters. The Kier molecular flexibility index (Phi) is 6.64. The first-order valence-corrected chi connectivity index (χ1v) is 11.1. The largest absolute Gasteiger partial charge is 0.483 e. The second-order valence-corrected chi connectivity index (χ2v) is 8.68. The van der Waals surface area contributed by atoms with Crippen molar-refractivity contribution in [3.63, 3.8) is 0 Å². The van der Waals surface area contributed by atoms with E-state index in [0.717, 1.165) is 37.1 Å².